The molecule has 1 unspecified atom stereocenters. The Labute approximate surface area is 109 Å². The monoisotopic (exact) mass is 240 g/mol. The molecule has 0 saturated heterocycles. The summed E-state index contributed by atoms with van der Waals surface area (Å²) < 4.78 is 0. The summed E-state index contributed by atoms with van der Waals surface area (Å²) in [6.45, 7) is 4.42. The van der Waals surface area contributed by atoms with E-state index in [9.17, 15) is 5.11 Å². The Morgan fingerprint density at radius 1 is 1.06 bits per heavy atom. The Kier molecular flexibility index (Phi) is 4.16. The molecule has 0 spiro atoms. The molecule has 0 aliphatic rings. The van der Waals surface area contributed by atoms with Crippen molar-refractivity contribution in [1.29, 1.82) is 0 Å². The summed E-state index contributed by atoms with van der Waals surface area (Å²) in [5.41, 5.74) is 5.10. The summed E-state index contributed by atoms with van der Waals surface area (Å²) in [7, 11) is 0. The minimum atomic E-state index is 0.193. The topological polar surface area (TPSA) is 20.2 Å². The molecule has 0 fully saturated rings. The van der Waals surface area contributed by atoms with Crippen molar-refractivity contribution in [2.45, 2.75) is 26.2 Å². The molecule has 0 aliphatic heterocycles. The van der Waals surface area contributed by atoms with E-state index in [1.165, 1.54) is 22.3 Å². The molecular weight excluding hydrogens is 220 g/mol. The fourth-order valence-electron chi connectivity index (χ4n) is 2.20. The van der Waals surface area contributed by atoms with Crippen LogP contribution in [0.25, 0.3) is 11.1 Å². The van der Waals surface area contributed by atoms with Gasteiger partial charge in [0.15, 0.2) is 0 Å². The molecule has 0 heterocycles. The summed E-state index contributed by atoms with van der Waals surface area (Å²) >= 11 is 0. The maximum absolute atomic E-state index is 9.28. The van der Waals surface area contributed by atoms with Crippen LogP contribution in [0.15, 0.2) is 48.5 Å². The minimum Gasteiger partial charge on any atom is -0.396 e. The third kappa shape index (κ3) is 2.62. The van der Waals surface area contributed by atoms with Crippen LogP contribution in [0.2, 0.25) is 0 Å². The largest absolute Gasteiger partial charge is 0.396 e. The van der Waals surface area contributed by atoms with Gasteiger partial charge in [-0.1, -0.05) is 62.4 Å². The fourth-order valence-corrected chi connectivity index (χ4v) is 2.20. The van der Waals surface area contributed by atoms with Gasteiger partial charge in [0.1, 0.15) is 0 Å². The molecular formula is C17H20O. The molecule has 18 heavy (non-hydrogen) atoms. The van der Waals surface area contributed by atoms with Gasteiger partial charge in [0.05, 0.1) is 0 Å². The van der Waals surface area contributed by atoms with Gasteiger partial charge in [-0.2, -0.15) is 0 Å². The van der Waals surface area contributed by atoms with E-state index in [1.54, 1.807) is 0 Å². The molecule has 2 rings (SSSR count). The third-order valence-corrected chi connectivity index (χ3v) is 3.44. The summed E-state index contributed by atoms with van der Waals surface area (Å²) in [5, 5.41) is 9.28. The lowest BCUT2D eigenvalue weighted by atomic mass is 9.92. The SMILES string of the molecule is CCc1ccc(C(C)CO)cc1-c1ccccc1. The van der Waals surface area contributed by atoms with E-state index in [0.29, 0.717) is 0 Å². The van der Waals surface area contributed by atoms with Gasteiger partial charge in [-0.15, -0.1) is 0 Å². The van der Waals surface area contributed by atoms with Gasteiger partial charge in [-0.3, -0.25) is 0 Å². The molecule has 0 amide bonds. The molecule has 2 aromatic rings. The van der Waals surface area contributed by atoms with Crippen molar-refractivity contribution in [3.05, 3.63) is 59.7 Å². The number of hydrogen-bond acceptors (Lipinski definition) is 1. The Morgan fingerprint density at radius 2 is 1.78 bits per heavy atom. The molecule has 0 aliphatic carbocycles. The molecule has 0 aromatic heterocycles. The van der Waals surface area contributed by atoms with Crippen molar-refractivity contribution in [1.82, 2.24) is 0 Å². The molecule has 0 bridgehead atoms. The van der Waals surface area contributed by atoms with Crippen molar-refractivity contribution in [3.8, 4) is 11.1 Å². The zero-order valence-corrected chi connectivity index (χ0v) is 11.1. The number of hydrogen-bond donors (Lipinski definition) is 1. The van der Waals surface area contributed by atoms with Crippen LogP contribution in [-0.2, 0) is 6.42 Å². The highest BCUT2D eigenvalue weighted by molar-refractivity contribution is 5.68. The lowest BCUT2D eigenvalue weighted by Crippen LogP contribution is -2.00. The van der Waals surface area contributed by atoms with Crippen LogP contribution in [0.5, 0.6) is 0 Å². The second-order valence-corrected chi connectivity index (χ2v) is 4.72. The fraction of sp³-hybridized carbons (Fsp3) is 0.294. The number of aliphatic hydroxyl groups is 1. The van der Waals surface area contributed by atoms with Gasteiger partial charge in [0.2, 0.25) is 0 Å². The summed E-state index contributed by atoms with van der Waals surface area (Å²) in [5.74, 6) is 0.193. The molecule has 94 valence electrons. The summed E-state index contributed by atoms with van der Waals surface area (Å²) in [4.78, 5) is 0. The van der Waals surface area contributed by atoms with E-state index < -0.39 is 0 Å². The smallest absolute Gasteiger partial charge is 0.0497 e. The molecule has 1 nitrogen and oxygen atoms in total. The highest BCUT2D eigenvalue weighted by Gasteiger charge is 2.09. The van der Waals surface area contributed by atoms with Crippen molar-refractivity contribution in [2.24, 2.45) is 0 Å². The first-order valence-electron chi connectivity index (χ1n) is 6.55. The van der Waals surface area contributed by atoms with Gasteiger partial charge in [-0.25, -0.2) is 0 Å². The second kappa shape index (κ2) is 5.83. The lowest BCUT2D eigenvalue weighted by molar-refractivity contribution is 0.273. The van der Waals surface area contributed by atoms with Gasteiger partial charge in [0.25, 0.3) is 0 Å². The van der Waals surface area contributed by atoms with E-state index >= 15 is 0 Å². The van der Waals surface area contributed by atoms with Gasteiger partial charge in [0, 0.05) is 12.5 Å². The van der Waals surface area contributed by atoms with E-state index in [4.69, 9.17) is 0 Å². The molecule has 0 saturated carbocycles. The van der Waals surface area contributed by atoms with Crippen LogP contribution in [0.1, 0.15) is 30.9 Å². The first-order valence-corrected chi connectivity index (χ1v) is 6.55. The molecule has 1 atom stereocenters. The average Bonchev–Trinajstić information content (AvgIpc) is 2.46. The van der Waals surface area contributed by atoms with E-state index in [1.807, 2.05) is 6.07 Å². The van der Waals surface area contributed by atoms with Crippen LogP contribution in [0, 0.1) is 0 Å². The highest BCUT2D eigenvalue weighted by atomic mass is 16.3. The van der Waals surface area contributed by atoms with E-state index in [2.05, 4.69) is 56.3 Å². The quantitative estimate of drug-likeness (QED) is 0.856. The van der Waals surface area contributed by atoms with Gasteiger partial charge < -0.3 is 5.11 Å². The standard InChI is InChI=1S/C17H20O/c1-3-14-9-10-16(13(2)12-18)11-17(14)15-7-5-4-6-8-15/h4-11,13,18H,3,12H2,1-2H3. The number of rotatable bonds is 4. The van der Waals surface area contributed by atoms with Crippen LogP contribution in [-0.4, -0.2) is 11.7 Å². The van der Waals surface area contributed by atoms with Crippen LogP contribution in [0.3, 0.4) is 0 Å². The third-order valence-electron chi connectivity index (χ3n) is 3.44. The maximum atomic E-state index is 9.28. The van der Waals surface area contributed by atoms with E-state index in [0.717, 1.165) is 6.42 Å². The van der Waals surface area contributed by atoms with E-state index in [-0.39, 0.29) is 12.5 Å². The lowest BCUT2D eigenvalue weighted by Gasteiger charge is -2.14. The minimum absolute atomic E-state index is 0.193. The van der Waals surface area contributed by atoms with Crippen LogP contribution >= 0.6 is 0 Å². The first-order chi connectivity index (χ1) is 8.76. The van der Waals surface area contributed by atoms with Crippen molar-refractivity contribution in [3.63, 3.8) is 0 Å². The highest BCUT2D eigenvalue weighted by Crippen LogP contribution is 2.28. The van der Waals surface area contributed by atoms with Crippen LogP contribution < -0.4 is 0 Å². The van der Waals surface area contributed by atoms with Crippen LogP contribution in [0.4, 0.5) is 0 Å². The predicted octanol–water partition coefficient (Wildman–Crippen LogP) is 4.01. The van der Waals surface area contributed by atoms with Crippen molar-refractivity contribution in [2.75, 3.05) is 6.61 Å². The Morgan fingerprint density at radius 3 is 2.39 bits per heavy atom. The molecule has 0 radical (unpaired) electrons. The molecule has 1 heteroatoms. The maximum Gasteiger partial charge on any atom is 0.0497 e. The Balaban J connectivity index is 2.50. The first kappa shape index (κ1) is 12.8. The molecule has 2 aromatic carbocycles. The second-order valence-electron chi connectivity index (χ2n) is 4.72. The normalized spacial score (nSPS) is 12.4. The predicted molar refractivity (Wildman–Crippen MR) is 76.8 cm³/mol. The number of aliphatic hydroxyl groups excluding tert-OH is 1. The van der Waals surface area contributed by atoms with Crippen molar-refractivity contribution >= 4 is 0 Å². The number of benzene rings is 2. The zero-order chi connectivity index (χ0) is 13.0. The molecule has 1 N–H and O–H groups in total. The zero-order valence-electron chi connectivity index (χ0n) is 11.1. The van der Waals surface area contributed by atoms with Crippen molar-refractivity contribution < 1.29 is 5.11 Å². The van der Waals surface area contributed by atoms with Gasteiger partial charge >= 0.3 is 0 Å². The number of aryl methyl sites for hydroxylation is 1. The van der Waals surface area contributed by atoms with Gasteiger partial charge in [-0.05, 0) is 28.7 Å². The summed E-state index contributed by atoms with van der Waals surface area (Å²) in [6, 6.07) is 17.0. The average molecular weight is 240 g/mol. The Hall–Kier alpha value is -1.60. The Bertz CT molecular complexity index is 502. The summed E-state index contributed by atoms with van der Waals surface area (Å²) in [6.07, 6.45) is 1.03.